The molecule has 1 aliphatic heterocycles. The van der Waals surface area contributed by atoms with E-state index in [9.17, 15) is 8.42 Å². The molecule has 1 atom stereocenters. The third kappa shape index (κ3) is 5.68. The molecule has 0 aliphatic carbocycles. The monoisotopic (exact) mass is 305 g/mol. The second-order valence-electron chi connectivity index (χ2n) is 5.71. The van der Waals surface area contributed by atoms with Gasteiger partial charge in [-0.1, -0.05) is 33.6 Å². The van der Waals surface area contributed by atoms with Gasteiger partial charge in [-0.05, 0) is 37.8 Å². The zero-order chi connectivity index (χ0) is 15.0. The molecule has 5 nitrogen and oxygen atoms in total. The lowest BCUT2D eigenvalue weighted by molar-refractivity contribution is 0.258. The van der Waals surface area contributed by atoms with Gasteiger partial charge in [0.2, 0.25) is 0 Å². The first kappa shape index (κ1) is 17.9. The molecule has 120 valence electrons. The van der Waals surface area contributed by atoms with E-state index in [0.717, 1.165) is 38.8 Å². The highest BCUT2D eigenvalue weighted by atomic mass is 32.2. The van der Waals surface area contributed by atoms with E-state index in [0.29, 0.717) is 31.5 Å². The third-order valence-corrected chi connectivity index (χ3v) is 5.76. The molecule has 20 heavy (non-hydrogen) atoms. The largest absolute Gasteiger partial charge is 0.317 e. The Bertz CT molecular complexity index is 355. The minimum Gasteiger partial charge on any atom is -0.317 e. The maximum Gasteiger partial charge on any atom is 0.279 e. The second-order valence-corrected chi connectivity index (χ2v) is 7.47. The molecule has 0 aromatic carbocycles. The van der Waals surface area contributed by atoms with Crippen LogP contribution in [0.4, 0.5) is 0 Å². The quantitative estimate of drug-likeness (QED) is 0.680. The smallest absolute Gasteiger partial charge is 0.279 e. The number of piperidine rings is 1. The summed E-state index contributed by atoms with van der Waals surface area (Å²) in [5.74, 6) is 0.876. The summed E-state index contributed by atoms with van der Waals surface area (Å²) in [6, 6.07) is 0. The molecule has 1 aliphatic rings. The Morgan fingerprint density at radius 2 is 1.95 bits per heavy atom. The van der Waals surface area contributed by atoms with E-state index in [2.05, 4.69) is 30.8 Å². The van der Waals surface area contributed by atoms with E-state index >= 15 is 0 Å². The molecule has 2 N–H and O–H groups in total. The summed E-state index contributed by atoms with van der Waals surface area (Å²) in [6.45, 7) is 10.0. The summed E-state index contributed by atoms with van der Waals surface area (Å²) in [5.41, 5.74) is 0. The van der Waals surface area contributed by atoms with Gasteiger partial charge < -0.3 is 5.32 Å². The second kappa shape index (κ2) is 8.97. The van der Waals surface area contributed by atoms with E-state index in [4.69, 9.17) is 0 Å². The first-order chi connectivity index (χ1) is 9.53. The molecule has 0 aromatic rings. The van der Waals surface area contributed by atoms with Crippen LogP contribution in [-0.4, -0.2) is 45.4 Å². The maximum atomic E-state index is 12.3. The summed E-state index contributed by atoms with van der Waals surface area (Å²) in [7, 11) is -3.30. The molecular formula is C14H31N3O2S. The molecule has 1 fully saturated rings. The van der Waals surface area contributed by atoms with Gasteiger partial charge in [-0.3, -0.25) is 0 Å². The van der Waals surface area contributed by atoms with Crippen molar-refractivity contribution in [3.05, 3.63) is 0 Å². The van der Waals surface area contributed by atoms with Crippen molar-refractivity contribution in [2.45, 2.75) is 46.5 Å². The highest BCUT2D eigenvalue weighted by Crippen LogP contribution is 2.18. The van der Waals surface area contributed by atoms with Gasteiger partial charge in [-0.2, -0.15) is 12.7 Å². The van der Waals surface area contributed by atoms with Gasteiger partial charge in [0.25, 0.3) is 10.2 Å². The molecular weight excluding hydrogens is 274 g/mol. The minimum atomic E-state index is -3.30. The SMILES string of the molecule is CCNCC1CCCN(S(=O)(=O)NCC(CC)CC)C1. The Balaban J connectivity index is 2.49. The fourth-order valence-corrected chi connectivity index (χ4v) is 4.06. The number of nitrogens with zero attached hydrogens (tertiary/aromatic N) is 1. The molecule has 0 amide bonds. The van der Waals surface area contributed by atoms with Gasteiger partial charge in [0.05, 0.1) is 0 Å². The molecule has 1 rings (SSSR count). The summed E-state index contributed by atoms with van der Waals surface area (Å²) in [4.78, 5) is 0. The van der Waals surface area contributed by atoms with Crippen LogP contribution in [0.2, 0.25) is 0 Å². The van der Waals surface area contributed by atoms with Crippen molar-refractivity contribution >= 4 is 10.2 Å². The van der Waals surface area contributed by atoms with E-state index in [1.54, 1.807) is 4.31 Å². The van der Waals surface area contributed by atoms with E-state index < -0.39 is 10.2 Å². The summed E-state index contributed by atoms with van der Waals surface area (Å²) < 4.78 is 29.1. The summed E-state index contributed by atoms with van der Waals surface area (Å²) in [5, 5.41) is 3.32. The van der Waals surface area contributed by atoms with Gasteiger partial charge in [0, 0.05) is 19.6 Å². The lowest BCUT2D eigenvalue weighted by atomic mass is 10.00. The van der Waals surface area contributed by atoms with Gasteiger partial charge in [-0.25, -0.2) is 4.72 Å². The van der Waals surface area contributed by atoms with Crippen LogP contribution in [0.15, 0.2) is 0 Å². The highest BCUT2D eigenvalue weighted by molar-refractivity contribution is 7.87. The van der Waals surface area contributed by atoms with Crippen molar-refractivity contribution in [2.75, 3.05) is 32.7 Å². The number of hydrogen-bond donors (Lipinski definition) is 2. The Hall–Kier alpha value is -0.170. The van der Waals surface area contributed by atoms with Crippen LogP contribution in [-0.2, 0) is 10.2 Å². The fourth-order valence-electron chi connectivity index (χ4n) is 2.65. The lowest BCUT2D eigenvalue weighted by Gasteiger charge is -2.32. The normalized spacial score (nSPS) is 21.5. The van der Waals surface area contributed by atoms with Crippen molar-refractivity contribution in [3.63, 3.8) is 0 Å². The van der Waals surface area contributed by atoms with Crippen molar-refractivity contribution < 1.29 is 8.42 Å². The van der Waals surface area contributed by atoms with Crippen molar-refractivity contribution in [3.8, 4) is 0 Å². The van der Waals surface area contributed by atoms with Gasteiger partial charge in [0.1, 0.15) is 0 Å². The molecule has 0 radical (unpaired) electrons. The fraction of sp³-hybridized carbons (Fsp3) is 1.00. The van der Waals surface area contributed by atoms with Gasteiger partial charge >= 0.3 is 0 Å². The highest BCUT2D eigenvalue weighted by Gasteiger charge is 2.28. The molecule has 1 saturated heterocycles. The van der Waals surface area contributed by atoms with E-state index in [-0.39, 0.29) is 0 Å². The first-order valence-electron chi connectivity index (χ1n) is 7.98. The standard InChI is InChI=1S/C14H31N3O2S/c1-4-13(5-2)11-16-20(18,19)17-9-7-8-14(12-17)10-15-6-3/h13-16H,4-12H2,1-3H3. The van der Waals surface area contributed by atoms with Crippen LogP contribution in [0.1, 0.15) is 46.5 Å². The maximum absolute atomic E-state index is 12.3. The molecule has 0 aromatic heterocycles. The third-order valence-electron chi connectivity index (χ3n) is 4.21. The van der Waals surface area contributed by atoms with Crippen LogP contribution in [0.25, 0.3) is 0 Å². The Labute approximate surface area is 124 Å². The number of hydrogen-bond acceptors (Lipinski definition) is 3. The molecule has 0 saturated carbocycles. The molecule has 6 heteroatoms. The van der Waals surface area contributed by atoms with Gasteiger partial charge in [0.15, 0.2) is 0 Å². The number of nitrogens with one attached hydrogen (secondary N) is 2. The Kier molecular flexibility index (Phi) is 8.02. The molecule has 1 unspecified atom stereocenters. The van der Waals surface area contributed by atoms with Crippen molar-refractivity contribution in [1.29, 1.82) is 0 Å². The topological polar surface area (TPSA) is 61.4 Å². The average Bonchev–Trinajstić information content (AvgIpc) is 2.46. The van der Waals surface area contributed by atoms with Crippen LogP contribution in [0, 0.1) is 11.8 Å². The Morgan fingerprint density at radius 1 is 1.25 bits per heavy atom. The lowest BCUT2D eigenvalue weighted by Crippen LogP contribution is -2.48. The summed E-state index contributed by atoms with van der Waals surface area (Å²) >= 11 is 0. The molecule has 0 bridgehead atoms. The predicted octanol–water partition coefficient (Wildman–Crippen LogP) is 1.58. The van der Waals surface area contributed by atoms with Crippen LogP contribution < -0.4 is 10.0 Å². The van der Waals surface area contributed by atoms with Crippen LogP contribution in [0.3, 0.4) is 0 Å². The zero-order valence-corrected chi connectivity index (χ0v) is 14.0. The zero-order valence-electron chi connectivity index (χ0n) is 13.2. The van der Waals surface area contributed by atoms with Crippen LogP contribution >= 0.6 is 0 Å². The summed E-state index contributed by atoms with van der Waals surface area (Å²) in [6.07, 6.45) is 4.11. The first-order valence-corrected chi connectivity index (χ1v) is 9.42. The Morgan fingerprint density at radius 3 is 2.55 bits per heavy atom. The van der Waals surface area contributed by atoms with Crippen LogP contribution in [0.5, 0.6) is 0 Å². The van der Waals surface area contributed by atoms with Crippen molar-refractivity contribution in [2.24, 2.45) is 11.8 Å². The average molecular weight is 305 g/mol. The van der Waals surface area contributed by atoms with E-state index in [1.165, 1.54) is 0 Å². The molecule has 0 spiro atoms. The predicted molar refractivity (Wildman–Crippen MR) is 83.8 cm³/mol. The minimum absolute atomic E-state index is 0.437. The number of rotatable bonds is 9. The van der Waals surface area contributed by atoms with Gasteiger partial charge in [-0.15, -0.1) is 0 Å². The van der Waals surface area contributed by atoms with Crippen molar-refractivity contribution in [1.82, 2.24) is 14.3 Å². The molecule has 1 heterocycles. The van der Waals surface area contributed by atoms with E-state index in [1.807, 2.05) is 0 Å².